The molecule has 1 fully saturated rings. The standard InChI is InChI=1S/C26H28O6/c1-2-18-8-10-20(11-9-18)32-24-16-30-23-14-21(12-13-22(23)26(24)28)29-17-25(27)31-15-19-6-4-3-5-7-19/h3-11,16,21-23H,2,12-15,17H2,1H3. The second-order valence-electron chi connectivity index (χ2n) is 8.12. The SMILES string of the molecule is CCc1ccc(OC2=COC3CC(OCC(=O)OCc4ccccc4)CCC3C2=O)cc1. The van der Waals surface area contributed by atoms with Crippen LogP contribution in [-0.4, -0.2) is 30.6 Å². The number of carbonyl (C=O) groups excluding carboxylic acids is 2. The van der Waals surface area contributed by atoms with Crippen LogP contribution in [0.1, 0.15) is 37.3 Å². The van der Waals surface area contributed by atoms with Crippen molar-refractivity contribution in [3.05, 3.63) is 77.7 Å². The summed E-state index contributed by atoms with van der Waals surface area (Å²) >= 11 is 0. The molecule has 0 spiro atoms. The third kappa shape index (κ3) is 5.56. The minimum Gasteiger partial charge on any atom is -0.493 e. The maximum Gasteiger partial charge on any atom is 0.332 e. The lowest BCUT2D eigenvalue weighted by molar-refractivity contribution is -0.156. The van der Waals surface area contributed by atoms with E-state index < -0.39 is 5.97 Å². The molecule has 168 valence electrons. The summed E-state index contributed by atoms with van der Waals surface area (Å²) in [5, 5.41) is 0. The predicted molar refractivity (Wildman–Crippen MR) is 118 cm³/mol. The average molecular weight is 437 g/mol. The fourth-order valence-electron chi connectivity index (χ4n) is 4.04. The smallest absolute Gasteiger partial charge is 0.332 e. The Morgan fingerprint density at radius 1 is 1.03 bits per heavy atom. The van der Waals surface area contributed by atoms with Gasteiger partial charge in [0.15, 0.2) is 0 Å². The number of benzene rings is 2. The average Bonchev–Trinajstić information content (AvgIpc) is 2.84. The van der Waals surface area contributed by atoms with E-state index >= 15 is 0 Å². The molecule has 0 saturated heterocycles. The van der Waals surface area contributed by atoms with Crippen molar-refractivity contribution < 1.29 is 28.5 Å². The van der Waals surface area contributed by atoms with Gasteiger partial charge in [-0.25, -0.2) is 4.79 Å². The number of ketones is 1. The number of esters is 1. The second kappa shape index (κ2) is 10.5. The van der Waals surface area contributed by atoms with Crippen molar-refractivity contribution in [2.45, 2.75) is 51.4 Å². The van der Waals surface area contributed by atoms with Gasteiger partial charge in [-0.05, 0) is 42.5 Å². The monoisotopic (exact) mass is 436 g/mol. The van der Waals surface area contributed by atoms with E-state index in [1.54, 1.807) is 0 Å². The number of ether oxygens (including phenoxy) is 4. The normalized spacial score (nSPS) is 22.3. The molecule has 0 radical (unpaired) electrons. The van der Waals surface area contributed by atoms with Crippen molar-refractivity contribution in [2.24, 2.45) is 5.92 Å². The van der Waals surface area contributed by atoms with Gasteiger partial charge < -0.3 is 18.9 Å². The molecule has 0 N–H and O–H groups in total. The third-order valence-electron chi connectivity index (χ3n) is 5.91. The molecule has 0 bridgehead atoms. The second-order valence-corrected chi connectivity index (χ2v) is 8.12. The van der Waals surface area contributed by atoms with Crippen LogP contribution in [0.4, 0.5) is 0 Å². The van der Waals surface area contributed by atoms with E-state index in [0.717, 1.165) is 12.0 Å². The lowest BCUT2D eigenvalue weighted by Crippen LogP contribution is -2.42. The first-order valence-corrected chi connectivity index (χ1v) is 11.1. The molecule has 3 atom stereocenters. The Morgan fingerprint density at radius 2 is 1.81 bits per heavy atom. The Balaban J connectivity index is 1.24. The van der Waals surface area contributed by atoms with Crippen LogP contribution in [-0.2, 0) is 36.8 Å². The van der Waals surface area contributed by atoms with Crippen LogP contribution >= 0.6 is 0 Å². The van der Waals surface area contributed by atoms with E-state index in [1.165, 1.54) is 11.8 Å². The van der Waals surface area contributed by atoms with Crippen LogP contribution in [0, 0.1) is 5.92 Å². The molecule has 1 saturated carbocycles. The fraction of sp³-hybridized carbons (Fsp3) is 0.385. The van der Waals surface area contributed by atoms with Crippen molar-refractivity contribution >= 4 is 11.8 Å². The van der Waals surface area contributed by atoms with Gasteiger partial charge in [-0.2, -0.15) is 0 Å². The van der Waals surface area contributed by atoms with Gasteiger partial charge in [0.2, 0.25) is 11.5 Å². The highest BCUT2D eigenvalue weighted by Crippen LogP contribution is 2.35. The zero-order chi connectivity index (χ0) is 22.3. The summed E-state index contributed by atoms with van der Waals surface area (Å²) in [5.41, 5.74) is 2.14. The largest absolute Gasteiger partial charge is 0.493 e. The first kappa shape index (κ1) is 22.1. The summed E-state index contributed by atoms with van der Waals surface area (Å²) in [6.45, 7) is 2.20. The van der Waals surface area contributed by atoms with Crippen molar-refractivity contribution in [3.63, 3.8) is 0 Å². The molecule has 0 amide bonds. The van der Waals surface area contributed by atoms with Crippen molar-refractivity contribution in [1.29, 1.82) is 0 Å². The summed E-state index contributed by atoms with van der Waals surface area (Å²) in [7, 11) is 0. The van der Waals surface area contributed by atoms with E-state index in [9.17, 15) is 9.59 Å². The number of aryl methyl sites for hydroxylation is 1. The van der Waals surface area contributed by atoms with Crippen LogP contribution in [0.2, 0.25) is 0 Å². The Hall–Kier alpha value is -3.12. The van der Waals surface area contributed by atoms with Crippen LogP contribution < -0.4 is 4.74 Å². The summed E-state index contributed by atoms with van der Waals surface area (Å²) in [6, 6.07) is 17.2. The van der Waals surface area contributed by atoms with Gasteiger partial charge in [0.05, 0.1) is 12.0 Å². The number of fused-ring (bicyclic) bond motifs is 1. The first-order valence-electron chi connectivity index (χ1n) is 11.1. The zero-order valence-electron chi connectivity index (χ0n) is 18.2. The van der Waals surface area contributed by atoms with E-state index in [4.69, 9.17) is 18.9 Å². The molecule has 32 heavy (non-hydrogen) atoms. The van der Waals surface area contributed by atoms with Crippen molar-refractivity contribution in [1.82, 2.24) is 0 Å². The molecular formula is C26H28O6. The summed E-state index contributed by atoms with van der Waals surface area (Å²) in [6.07, 6.45) is 3.80. The van der Waals surface area contributed by atoms with Crippen LogP contribution in [0.25, 0.3) is 0 Å². The molecule has 2 aromatic carbocycles. The predicted octanol–water partition coefficient (Wildman–Crippen LogP) is 4.37. The zero-order valence-corrected chi connectivity index (χ0v) is 18.2. The topological polar surface area (TPSA) is 71.1 Å². The van der Waals surface area contributed by atoms with E-state index in [-0.39, 0.29) is 42.9 Å². The molecule has 3 unspecified atom stereocenters. The molecule has 1 aliphatic carbocycles. The maximum absolute atomic E-state index is 12.9. The van der Waals surface area contributed by atoms with Crippen LogP contribution in [0.3, 0.4) is 0 Å². The highest BCUT2D eigenvalue weighted by Gasteiger charge is 2.41. The van der Waals surface area contributed by atoms with E-state index in [2.05, 4.69) is 6.92 Å². The molecular weight excluding hydrogens is 408 g/mol. The lowest BCUT2D eigenvalue weighted by Gasteiger charge is -2.36. The fourth-order valence-corrected chi connectivity index (χ4v) is 4.04. The molecule has 1 heterocycles. The first-order chi connectivity index (χ1) is 15.6. The number of hydrogen-bond donors (Lipinski definition) is 0. The molecule has 1 aliphatic heterocycles. The molecule has 6 heteroatoms. The van der Waals surface area contributed by atoms with Gasteiger partial charge in [0, 0.05) is 6.42 Å². The Morgan fingerprint density at radius 3 is 2.56 bits per heavy atom. The van der Waals surface area contributed by atoms with Gasteiger partial charge in [0.25, 0.3) is 0 Å². The van der Waals surface area contributed by atoms with Crippen LogP contribution in [0.5, 0.6) is 5.75 Å². The maximum atomic E-state index is 12.9. The van der Waals surface area contributed by atoms with Gasteiger partial charge in [-0.1, -0.05) is 49.4 Å². The summed E-state index contributed by atoms with van der Waals surface area (Å²) in [4.78, 5) is 24.9. The number of allylic oxidation sites excluding steroid dienone is 1. The van der Waals surface area contributed by atoms with E-state index in [0.29, 0.717) is 25.0 Å². The molecule has 4 rings (SSSR count). The molecule has 2 aliphatic rings. The molecule has 6 nitrogen and oxygen atoms in total. The van der Waals surface area contributed by atoms with Gasteiger partial charge in [0.1, 0.15) is 31.3 Å². The van der Waals surface area contributed by atoms with Gasteiger partial charge in [-0.15, -0.1) is 0 Å². The van der Waals surface area contributed by atoms with E-state index in [1.807, 2.05) is 54.6 Å². The highest BCUT2D eigenvalue weighted by molar-refractivity contribution is 5.96. The minimum absolute atomic E-state index is 0.0402. The Labute approximate surface area is 188 Å². The summed E-state index contributed by atoms with van der Waals surface area (Å²) < 4.78 is 22.6. The number of Topliss-reactive ketones (excluding diaryl/α,β-unsaturated/α-hetero) is 1. The Kier molecular flexibility index (Phi) is 7.22. The van der Waals surface area contributed by atoms with Crippen molar-refractivity contribution in [2.75, 3.05) is 6.61 Å². The minimum atomic E-state index is -0.402. The number of rotatable bonds is 8. The van der Waals surface area contributed by atoms with Gasteiger partial charge in [-0.3, -0.25) is 4.79 Å². The number of carbonyl (C=O) groups is 2. The number of hydrogen-bond acceptors (Lipinski definition) is 6. The molecule has 0 aromatic heterocycles. The van der Waals surface area contributed by atoms with Gasteiger partial charge >= 0.3 is 5.97 Å². The Bertz CT molecular complexity index is 950. The third-order valence-corrected chi connectivity index (χ3v) is 5.91. The summed E-state index contributed by atoms with van der Waals surface area (Å²) in [5.74, 6) is 0.159. The highest BCUT2D eigenvalue weighted by atomic mass is 16.6. The quantitative estimate of drug-likeness (QED) is 0.573. The molecule has 2 aromatic rings. The van der Waals surface area contributed by atoms with Crippen LogP contribution in [0.15, 0.2) is 66.6 Å². The van der Waals surface area contributed by atoms with Crippen molar-refractivity contribution in [3.8, 4) is 5.75 Å². The lowest BCUT2D eigenvalue weighted by atomic mass is 9.80.